The molecule has 2 aliphatic rings. The van der Waals surface area contributed by atoms with Crippen molar-refractivity contribution in [2.45, 2.75) is 45.8 Å². The summed E-state index contributed by atoms with van der Waals surface area (Å²) in [5, 5.41) is 7.72. The van der Waals surface area contributed by atoms with Crippen LogP contribution in [0.2, 0.25) is 0 Å². The Morgan fingerprint density at radius 2 is 2.00 bits per heavy atom. The maximum atomic E-state index is 5.20. The quantitative estimate of drug-likeness (QED) is 0.762. The van der Waals surface area contributed by atoms with Gasteiger partial charge in [0, 0.05) is 49.6 Å². The lowest BCUT2D eigenvalue weighted by Crippen LogP contribution is -2.48. The van der Waals surface area contributed by atoms with E-state index < -0.39 is 0 Å². The number of aliphatic imine (C=N–C) groups is 1. The molecule has 4 nitrogen and oxygen atoms in total. The second-order valence-electron chi connectivity index (χ2n) is 6.65. The van der Waals surface area contributed by atoms with Gasteiger partial charge in [0.25, 0.3) is 0 Å². The fourth-order valence-corrected chi connectivity index (χ4v) is 4.42. The average molecular weight is 351 g/mol. The van der Waals surface area contributed by atoms with Gasteiger partial charge >= 0.3 is 0 Å². The molecule has 5 heteroatoms. The van der Waals surface area contributed by atoms with E-state index in [0.717, 1.165) is 50.6 Å². The predicted molar refractivity (Wildman–Crippen MR) is 108 cm³/mol. The Morgan fingerprint density at radius 1 is 1.25 bits per heavy atom. The number of piperazine rings is 1. The molecular weight excluding hydrogens is 316 g/mol. The Labute approximate surface area is 152 Å². The maximum absolute atomic E-state index is 5.20. The smallest absolute Gasteiger partial charge is 0.108 e. The Morgan fingerprint density at radius 3 is 2.67 bits per heavy atom. The molecule has 24 heavy (non-hydrogen) atoms. The Kier molecular flexibility index (Phi) is 8.19. The lowest BCUT2D eigenvalue weighted by Gasteiger charge is -2.34. The van der Waals surface area contributed by atoms with Crippen LogP contribution >= 0.6 is 11.8 Å². The molecule has 2 N–H and O–H groups in total. The Balaban J connectivity index is 2.37. The summed E-state index contributed by atoms with van der Waals surface area (Å²) in [5.74, 6) is 2.90. The van der Waals surface area contributed by atoms with Gasteiger partial charge in [0.15, 0.2) is 0 Å². The number of thioether (sulfide) groups is 1. The van der Waals surface area contributed by atoms with E-state index in [1.54, 1.807) is 0 Å². The van der Waals surface area contributed by atoms with Crippen LogP contribution in [0.15, 0.2) is 28.5 Å². The molecule has 2 heterocycles. The second-order valence-corrected chi connectivity index (χ2v) is 8.20. The molecule has 2 atom stereocenters. The Hall–Kier alpha value is -0.940. The molecule has 1 fully saturated rings. The van der Waals surface area contributed by atoms with Gasteiger partial charge in [0.05, 0.1) is 11.4 Å². The fraction of sp³-hybridized carbons (Fsp3) is 0.737. The molecule has 0 radical (unpaired) electrons. The van der Waals surface area contributed by atoms with E-state index in [9.17, 15) is 0 Å². The molecule has 2 aliphatic heterocycles. The summed E-state index contributed by atoms with van der Waals surface area (Å²) in [6, 6.07) is 0. The molecule has 0 aliphatic carbocycles. The van der Waals surface area contributed by atoms with Crippen molar-refractivity contribution < 1.29 is 0 Å². The van der Waals surface area contributed by atoms with Crippen molar-refractivity contribution in [1.82, 2.24) is 15.5 Å². The van der Waals surface area contributed by atoms with Gasteiger partial charge in [0.1, 0.15) is 5.84 Å². The van der Waals surface area contributed by atoms with Crippen molar-refractivity contribution in [2.75, 3.05) is 38.5 Å². The SMILES string of the molecule is C/C=C1/NCCSC(C)CC(C)\C(N2CCNCC2)=N/C1=C/CC. The standard InChI is InChI=1S/C19H34N4S/c1-5-7-18-17(6-2)21-10-13-24-16(4)14-15(3)19(22-18)23-11-8-20-9-12-23/h6-7,15-16,20-21H,5,8-14H2,1-4H3/b17-6+,18-7+,22-19+. The number of allylic oxidation sites excluding steroid dienone is 2. The zero-order chi connectivity index (χ0) is 17.4. The molecule has 0 aromatic carbocycles. The van der Waals surface area contributed by atoms with E-state index >= 15 is 0 Å². The van der Waals surface area contributed by atoms with Crippen LogP contribution in [0, 0.1) is 5.92 Å². The van der Waals surface area contributed by atoms with E-state index in [1.165, 1.54) is 18.0 Å². The number of amidine groups is 1. The first-order valence-corrected chi connectivity index (χ1v) is 10.5. The van der Waals surface area contributed by atoms with Gasteiger partial charge in [0.2, 0.25) is 0 Å². The topological polar surface area (TPSA) is 39.7 Å². The van der Waals surface area contributed by atoms with E-state index in [1.807, 2.05) is 0 Å². The van der Waals surface area contributed by atoms with E-state index in [4.69, 9.17) is 4.99 Å². The summed E-state index contributed by atoms with van der Waals surface area (Å²) < 4.78 is 0. The van der Waals surface area contributed by atoms with E-state index in [-0.39, 0.29) is 0 Å². The normalized spacial score (nSPS) is 32.8. The number of rotatable bonds is 1. The van der Waals surface area contributed by atoms with Gasteiger partial charge < -0.3 is 15.5 Å². The molecule has 0 amide bonds. The number of hydrogen-bond acceptors (Lipinski definition) is 5. The van der Waals surface area contributed by atoms with Crippen molar-refractivity contribution in [1.29, 1.82) is 0 Å². The van der Waals surface area contributed by atoms with Crippen LogP contribution < -0.4 is 10.6 Å². The molecule has 0 saturated carbocycles. The summed E-state index contributed by atoms with van der Waals surface area (Å²) in [6.07, 6.45) is 6.62. The van der Waals surface area contributed by atoms with Crippen LogP contribution in [-0.2, 0) is 0 Å². The molecule has 136 valence electrons. The molecule has 2 unspecified atom stereocenters. The first kappa shape index (κ1) is 19.4. The lowest BCUT2D eigenvalue weighted by atomic mass is 10.0. The third kappa shape index (κ3) is 5.55. The maximum Gasteiger partial charge on any atom is 0.108 e. The molecule has 0 bridgehead atoms. The van der Waals surface area contributed by atoms with Gasteiger partial charge in [-0.1, -0.05) is 32.9 Å². The van der Waals surface area contributed by atoms with Crippen molar-refractivity contribution in [3.8, 4) is 0 Å². The zero-order valence-corrected chi connectivity index (χ0v) is 16.6. The van der Waals surface area contributed by atoms with Gasteiger partial charge in [-0.3, -0.25) is 0 Å². The van der Waals surface area contributed by atoms with E-state index in [0.29, 0.717) is 11.2 Å². The fourth-order valence-electron chi connectivity index (χ4n) is 3.38. The molecular formula is C19H34N4S. The van der Waals surface area contributed by atoms with Crippen molar-refractivity contribution in [3.05, 3.63) is 23.5 Å². The predicted octanol–water partition coefficient (Wildman–Crippen LogP) is 3.24. The molecule has 1 saturated heterocycles. The van der Waals surface area contributed by atoms with Gasteiger partial charge in [-0.15, -0.1) is 0 Å². The largest absolute Gasteiger partial charge is 0.383 e. The Bertz CT molecular complexity index is 478. The third-order valence-electron chi connectivity index (χ3n) is 4.58. The summed E-state index contributed by atoms with van der Waals surface area (Å²) in [5.41, 5.74) is 2.28. The van der Waals surface area contributed by atoms with Crippen LogP contribution in [0.1, 0.15) is 40.5 Å². The minimum absolute atomic E-state index is 0.488. The highest BCUT2D eigenvalue weighted by molar-refractivity contribution is 7.99. The van der Waals surface area contributed by atoms with Gasteiger partial charge in [-0.25, -0.2) is 4.99 Å². The van der Waals surface area contributed by atoms with Gasteiger partial charge in [-0.2, -0.15) is 11.8 Å². The highest BCUT2D eigenvalue weighted by atomic mass is 32.2. The minimum Gasteiger partial charge on any atom is -0.383 e. The summed E-state index contributed by atoms with van der Waals surface area (Å²) in [6.45, 7) is 14.2. The average Bonchev–Trinajstić information content (AvgIpc) is 2.61. The van der Waals surface area contributed by atoms with Crippen LogP contribution in [-0.4, -0.2) is 54.5 Å². The monoisotopic (exact) mass is 350 g/mol. The van der Waals surface area contributed by atoms with Crippen LogP contribution in [0.25, 0.3) is 0 Å². The molecule has 0 aromatic rings. The van der Waals surface area contributed by atoms with Crippen LogP contribution in [0.5, 0.6) is 0 Å². The lowest BCUT2D eigenvalue weighted by molar-refractivity contribution is 0.339. The van der Waals surface area contributed by atoms with Gasteiger partial charge in [-0.05, 0) is 19.8 Å². The molecule has 2 rings (SSSR count). The third-order valence-corrected chi connectivity index (χ3v) is 5.79. The van der Waals surface area contributed by atoms with Crippen LogP contribution in [0.3, 0.4) is 0 Å². The highest BCUT2D eigenvalue weighted by Crippen LogP contribution is 2.24. The number of nitrogens with one attached hydrogen (secondary N) is 2. The number of nitrogens with zero attached hydrogens (tertiary/aromatic N) is 2. The first-order valence-electron chi connectivity index (χ1n) is 9.42. The molecule has 0 spiro atoms. The van der Waals surface area contributed by atoms with Crippen molar-refractivity contribution in [3.63, 3.8) is 0 Å². The minimum atomic E-state index is 0.488. The van der Waals surface area contributed by atoms with E-state index in [2.05, 4.69) is 67.1 Å². The summed E-state index contributed by atoms with van der Waals surface area (Å²) >= 11 is 2.07. The number of hydrogen-bond donors (Lipinski definition) is 2. The van der Waals surface area contributed by atoms with Crippen molar-refractivity contribution in [2.24, 2.45) is 10.9 Å². The molecule has 0 aromatic heterocycles. The van der Waals surface area contributed by atoms with Crippen molar-refractivity contribution >= 4 is 17.6 Å². The second kappa shape index (κ2) is 10.1. The van der Waals surface area contributed by atoms with Crippen LogP contribution in [0.4, 0.5) is 0 Å². The highest BCUT2D eigenvalue weighted by Gasteiger charge is 2.23. The zero-order valence-electron chi connectivity index (χ0n) is 15.8. The summed E-state index contributed by atoms with van der Waals surface area (Å²) in [4.78, 5) is 7.69. The first-order chi connectivity index (χ1) is 11.7. The summed E-state index contributed by atoms with van der Waals surface area (Å²) in [7, 11) is 0.